The second-order valence-corrected chi connectivity index (χ2v) is 6.94. The number of anilines is 2. The maximum Gasteiger partial charge on any atom is 0.272 e. The summed E-state index contributed by atoms with van der Waals surface area (Å²) in [6, 6.07) is 7.86. The van der Waals surface area contributed by atoms with Crippen molar-refractivity contribution < 1.29 is 9.59 Å². The fourth-order valence-electron chi connectivity index (χ4n) is 3.59. The molecule has 6 nitrogen and oxygen atoms in total. The largest absolute Gasteiger partial charge is 0.367 e. The minimum absolute atomic E-state index is 0.0341. The molecule has 1 aromatic carbocycles. The first-order valence-corrected chi connectivity index (χ1v) is 8.92. The van der Waals surface area contributed by atoms with E-state index in [1.165, 1.54) is 6.92 Å². The fraction of sp³-hybridized carbons (Fsp3) is 0.400. The number of H-pyrrole nitrogens is 1. The standard InChI is InChI=1S/C20H26N4O2/c1-13-18(15(3)25)14(2)21-19(13)20(26)22-16-7-5-6-8-17(16)24-11-9-23(4)10-12-24/h5-8,21H,9-12H2,1-4H3,(H,22,26). The lowest BCUT2D eigenvalue weighted by Crippen LogP contribution is -2.44. The summed E-state index contributed by atoms with van der Waals surface area (Å²) < 4.78 is 0. The van der Waals surface area contributed by atoms with Crippen LogP contribution in [0.25, 0.3) is 0 Å². The first-order chi connectivity index (χ1) is 12.4. The Kier molecular flexibility index (Phi) is 5.13. The van der Waals surface area contributed by atoms with Crippen molar-refractivity contribution in [1.82, 2.24) is 9.88 Å². The lowest BCUT2D eigenvalue weighted by Gasteiger charge is -2.35. The molecule has 0 aliphatic carbocycles. The van der Waals surface area contributed by atoms with Crippen molar-refractivity contribution in [1.29, 1.82) is 0 Å². The summed E-state index contributed by atoms with van der Waals surface area (Å²) in [6.07, 6.45) is 0. The lowest BCUT2D eigenvalue weighted by atomic mass is 10.1. The van der Waals surface area contributed by atoms with Gasteiger partial charge >= 0.3 is 0 Å². The lowest BCUT2D eigenvalue weighted by molar-refractivity contribution is 0.101. The van der Waals surface area contributed by atoms with Gasteiger partial charge < -0.3 is 20.1 Å². The van der Waals surface area contributed by atoms with E-state index in [-0.39, 0.29) is 11.7 Å². The Bertz CT molecular complexity index is 832. The zero-order valence-corrected chi connectivity index (χ0v) is 15.8. The third kappa shape index (κ3) is 3.51. The normalized spacial score (nSPS) is 15.2. The van der Waals surface area contributed by atoms with Crippen LogP contribution in [0.4, 0.5) is 11.4 Å². The van der Waals surface area contributed by atoms with Gasteiger partial charge in [-0.05, 0) is 45.5 Å². The highest BCUT2D eigenvalue weighted by atomic mass is 16.2. The number of aromatic amines is 1. The number of piperazine rings is 1. The van der Waals surface area contributed by atoms with Gasteiger partial charge in [-0.25, -0.2) is 0 Å². The van der Waals surface area contributed by atoms with Crippen LogP contribution in [0.1, 0.15) is 39.0 Å². The number of nitrogens with one attached hydrogen (secondary N) is 2. The van der Waals surface area contributed by atoms with Crippen molar-refractivity contribution in [3.63, 3.8) is 0 Å². The van der Waals surface area contributed by atoms with Crippen LogP contribution in [0.5, 0.6) is 0 Å². The van der Waals surface area contributed by atoms with E-state index < -0.39 is 0 Å². The maximum atomic E-state index is 12.8. The van der Waals surface area contributed by atoms with Crippen LogP contribution in [0.2, 0.25) is 0 Å². The maximum absolute atomic E-state index is 12.8. The second kappa shape index (κ2) is 7.33. The molecule has 2 N–H and O–H groups in total. The number of nitrogens with zero attached hydrogens (tertiary/aromatic N) is 2. The van der Waals surface area contributed by atoms with Gasteiger partial charge in [0.1, 0.15) is 5.69 Å². The molecule has 0 atom stereocenters. The molecule has 1 aromatic heterocycles. The van der Waals surface area contributed by atoms with Crippen molar-refractivity contribution in [3.05, 3.63) is 46.8 Å². The smallest absolute Gasteiger partial charge is 0.272 e. The third-order valence-electron chi connectivity index (χ3n) is 5.01. The summed E-state index contributed by atoms with van der Waals surface area (Å²) in [5.41, 5.74) is 4.29. The predicted octanol–water partition coefficient (Wildman–Crippen LogP) is 2.84. The fourth-order valence-corrected chi connectivity index (χ4v) is 3.59. The number of hydrogen-bond acceptors (Lipinski definition) is 4. The Hall–Kier alpha value is -2.60. The van der Waals surface area contributed by atoms with Gasteiger partial charge in [0.25, 0.3) is 5.91 Å². The summed E-state index contributed by atoms with van der Waals surface area (Å²) in [5, 5.41) is 3.02. The van der Waals surface area contributed by atoms with E-state index in [2.05, 4.69) is 27.1 Å². The molecule has 0 saturated carbocycles. The quantitative estimate of drug-likeness (QED) is 0.829. The van der Waals surface area contributed by atoms with Gasteiger partial charge in [0, 0.05) is 37.4 Å². The molecule has 1 saturated heterocycles. The molecule has 3 rings (SSSR count). The van der Waals surface area contributed by atoms with Gasteiger partial charge in [-0.3, -0.25) is 9.59 Å². The third-order valence-corrected chi connectivity index (χ3v) is 5.01. The number of ketones is 1. The van der Waals surface area contributed by atoms with Crippen LogP contribution >= 0.6 is 0 Å². The number of Topliss-reactive ketones (excluding diaryl/α,β-unsaturated/α-hetero) is 1. The second-order valence-electron chi connectivity index (χ2n) is 6.94. The Balaban J connectivity index is 1.85. The summed E-state index contributed by atoms with van der Waals surface area (Å²) in [5.74, 6) is -0.257. The highest BCUT2D eigenvalue weighted by Crippen LogP contribution is 2.28. The molecule has 2 heterocycles. The molecule has 1 aliphatic rings. The molecule has 0 bridgehead atoms. The zero-order valence-electron chi connectivity index (χ0n) is 15.8. The number of carbonyl (C=O) groups is 2. The molecule has 26 heavy (non-hydrogen) atoms. The molecule has 1 aliphatic heterocycles. The molecular formula is C20H26N4O2. The van der Waals surface area contributed by atoms with Crippen molar-refractivity contribution in [3.8, 4) is 0 Å². The molecule has 0 radical (unpaired) electrons. The predicted molar refractivity (Wildman–Crippen MR) is 104 cm³/mol. The number of likely N-dealkylation sites (N-methyl/N-ethyl adjacent to an activating group) is 1. The number of aromatic nitrogens is 1. The van der Waals surface area contributed by atoms with Crippen molar-refractivity contribution in [2.75, 3.05) is 43.4 Å². The molecule has 0 spiro atoms. The highest BCUT2D eigenvalue weighted by Gasteiger charge is 2.22. The topological polar surface area (TPSA) is 68.4 Å². The molecule has 1 amide bonds. The summed E-state index contributed by atoms with van der Waals surface area (Å²) in [4.78, 5) is 32.3. The van der Waals surface area contributed by atoms with E-state index in [1.54, 1.807) is 0 Å². The Morgan fingerprint density at radius 1 is 1.08 bits per heavy atom. The molecular weight excluding hydrogens is 328 g/mol. The SMILES string of the molecule is CC(=O)c1c(C)[nH]c(C(=O)Nc2ccccc2N2CCN(C)CC2)c1C. The van der Waals surface area contributed by atoms with Gasteiger partial charge in [-0.2, -0.15) is 0 Å². The van der Waals surface area contributed by atoms with E-state index in [0.29, 0.717) is 16.8 Å². The average Bonchev–Trinajstić information content (AvgIpc) is 2.91. The monoisotopic (exact) mass is 354 g/mol. The molecule has 2 aromatic rings. The summed E-state index contributed by atoms with van der Waals surface area (Å²) in [6.45, 7) is 9.00. The van der Waals surface area contributed by atoms with E-state index in [1.807, 2.05) is 38.1 Å². The summed E-state index contributed by atoms with van der Waals surface area (Å²) in [7, 11) is 2.12. The van der Waals surface area contributed by atoms with Crippen LogP contribution in [0.3, 0.4) is 0 Å². The number of rotatable bonds is 4. The first-order valence-electron chi connectivity index (χ1n) is 8.92. The summed E-state index contributed by atoms with van der Waals surface area (Å²) >= 11 is 0. The van der Waals surface area contributed by atoms with E-state index >= 15 is 0 Å². The minimum atomic E-state index is -0.223. The number of hydrogen-bond donors (Lipinski definition) is 2. The van der Waals surface area contributed by atoms with E-state index in [4.69, 9.17) is 0 Å². The van der Waals surface area contributed by atoms with E-state index in [0.717, 1.165) is 43.2 Å². The average molecular weight is 354 g/mol. The van der Waals surface area contributed by atoms with Gasteiger partial charge in [-0.15, -0.1) is 0 Å². The Morgan fingerprint density at radius 2 is 1.73 bits per heavy atom. The molecule has 6 heteroatoms. The number of amides is 1. The van der Waals surface area contributed by atoms with Gasteiger partial charge in [0.15, 0.2) is 5.78 Å². The highest BCUT2D eigenvalue weighted by molar-refractivity contribution is 6.08. The molecule has 0 unspecified atom stereocenters. The number of carbonyl (C=O) groups excluding carboxylic acids is 2. The minimum Gasteiger partial charge on any atom is -0.367 e. The first kappa shape index (κ1) is 18.2. The zero-order chi connectivity index (χ0) is 18.8. The Labute approximate surface area is 154 Å². The van der Waals surface area contributed by atoms with Gasteiger partial charge in [-0.1, -0.05) is 12.1 Å². The van der Waals surface area contributed by atoms with Crippen LogP contribution in [0.15, 0.2) is 24.3 Å². The molecule has 138 valence electrons. The van der Waals surface area contributed by atoms with Crippen LogP contribution in [0, 0.1) is 13.8 Å². The van der Waals surface area contributed by atoms with Crippen LogP contribution < -0.4 is 10.2 Å². The van der Waals surface area contributed by atoms with Gasteiger partial charge in [0.2, 0.25) is 0 Å². The van der Waals surface area contributed by atoms with E-state index in [9.17, 15) is 9.59 Å². The Morgan fingerprint density at radius 3 is 2.35 bits per heavy atom. The van der Waals surface area contributed by atoms with Crippen molar-refractivity contribution in [2.45, 2.75) is 20.8 Å². The van der Waals surface area contributed by atoms with Gasteiger partial charge in [0.05, 0.1) is 11.4 Å². The van der Waals surface area contributed by atoms with Crippen molar-refractivity contribution in [2.24, 2.45) is 0 Å². The number of para-hydroxylation sites is 2. The molecule has 1 fully saturated rings. The van der Waals surface area contributed by atoms with Crippen LogP contribution in [-0.2, 0) is 0 Å². The number of aryl methyl sites for hydroxylation is 1. The number of benzene rings is 1. The van der Waals surface area contributed by atoms with Crippen molar-refractivity contribution >= 4 is 23.1 Å². The van der Waals surface area contributed by atoms with Crippen LogP contribution in [-0.4, -0.2) is 54.8 Å².